The minimum atomic E-state index is 0.113. The Morgan fingerprint density at radius 2 is 2.05 bits per heavy atom. The molecule has 0 saturated carbocycles. The maximum absolute atomic E-state index is 4.73. The average Bonchev–Trinajstić information content (AvgIpc) is 2.77. The van der Waals surface area contributed by atoms with Crippen LogP contribution in [0.4, 0.5) is 0 Å². The molecule has 2 aromatic heterocycles. The molecule has 0 unspecified atom stereocenters. The van der Waals surface area contributed by atoms with E-state index in [1.807, 2.05) is 0 Å². The molecule has 0 saturated heterocycles. The number of hydrogen-bond acceptors (Lipinski definition) is 2. The van der Waals surface area contributed by atoms with Gasteiger partial charge in [-0.25, -0.2) is 9.97 Å². The second-order valence-corrected chi connectivity index (χ2v) is 6.87. The van der Waals surface area contributed by atoms with Gasteiger partial charge in [0.05, 0.1) is 15.9 Å². The van der Waals surface area contributed by atoms with Crippen LogP contribution in [0.15, 0.2) is 41.1 Å². The molecule has 2 heterocycles. The normalized spacial score (nSPS) is 15.9. The zero-order chi connectivity index (χ0) is 13.9. The first-order valence-electron chi connectivity index (χ1n) is 6.69. The van der Waals surface area contributed by atoms with Crippen molar-refractivity contribution in [2.24, 2.45) is 0 Å². The van der Waals surface area contributed by atoms with Crippen molar-refractivity contribution in [1.82, 2.24) is 14.4 Å². The van der Waals surface area contributed by atoms with E-state index < -0.39 is 0 Å². The first kappa shape index (κ1) is 12.1. The lowest BCUT2D eigenvalue weighted by molar-refractivity contribution is 0.507. The van der Waals surface area contributed by atoms with Gasteiger partial charge in [-0.15, -0.1) is 0 Å². The predicted octanol–water partition coefficient (Wildman–Crippen LogP) is 3.99. The van der Waals surface area contributed by atoms with Crippen molar-refractivity contribution in [1.29, 1.82) is 0 Å². The molecule has 4 heteroatoms. The molecule has 0 bridgehead atoms. The Labute approximate surface area is 125 Å². The fraction of sp³-hybridized carbons (Fsp3) is 0.250. The molecule has 0 radical (unpaired) electrons. The summed E-state index contributed by atoms with van der Waals surface area (Å²) in [5, 5.41) is 0. The van der Waals surface area contributed by atoms with E-state index >= 15 is 0 Å². The lowest BCUT2D eigenvalue weighted by Crippen LogP contribution is -2.26. The maximum atomic E-state index is 4.73. The third kappa shape index (κ3) is 1.57. The summed E-state index contributed by atoms with van der Waals surface area (Å²) in [6.45, 7) is 4.58. The molecule has 20 heavy (non-hydrogen) atoms. The monoisotopic (exact) mass is 327 g/mol. The smallest absolute Gasteiger partial charge is 0.234 e. The van der Waals surface area contributed by atoms with Crippen LogP contribution in [0.3, 0.4) is 0 Å². The Bertz CT molecular complexity index is 833. The number of hydrogen-bond donors (Lipinski definition) is 0. The molecule has 0 atom stereocenters. The van der Waals surface area contributed by atoms with Crippen LogP contribution < -0.4 is 0 Å². The quantitative estimate of drug-likeness (QED) is 0.624. The molecule has 4 rings (SSSR count). The highest BCUT2D eigenvalue weighted by Crippen LogP contribution is 2.42. The fourth-order valence-electron chi connectivity index (χ4n) is 3.13. The van der Waals surface area contributed by atoms with Crippen LogP contribution in [-0.2, 0) is 11.8 Å². The van der Waals surface area contributed by atoms with Crippen molar-refractivity contribution in [3.05, 3.63) is 52.4 Å². The van der Waals surface area contributed by atoms with Crippen molar-refractivity contribution >= 4 is 21.7 Å². The van der Waals surface area contributed by atoms with Crippen molar-refractivity contribution in [2.75, 3.05) is 0 Å². The molecule has 3 aromatic rings. The lowest BCUT2D eigenvalue weighted by atomic mass is 9.73. The summed E-state index contributed by atoms with van der Waals surface area (Å²) in [4.78, 5) is 9.14. The van der Waals surface area contributed by atoms with E-state index in [-0.39, 0.29) is 5.41 Å². The van der Waals surface area contributed by atoms with Crippen molar-refractivity contribution in [3.8, 4) is 11.3 Å². The second-order valence-electron chi connectivity index (χ2n) is 5.96. The lowest BCUT2D eigenvalue weighted by Gasteiger charge is -2.31. The number of fused-ring (bicyclic) bond motifs is 5. The summed E-state index contributed by atoms with van der Waals surface area (Å²) in [5.74, 6) is 0.769. The number of rotatable bonds is 0. The van der Waals surface area contributed by atoms with Gasteiger partial charge in [0, 0.05) is 18.0 Å². The fourth-order valence-corrected chi connectivity index (χ4v) is 3.44. The molecule has 1 aliphatic carbocycles. The third-order valence-electron chi connectivity index (χ3n) is 4.07. The largest absolute Gasteiger partial charge is 0.286 e. The van der Waals surface area contributed by atoms with Gasteiger partial charge in [-0.1, -0.05) is 38.1 Å². The first-order valence-corrected chi connectivity index (χ1v) is 7.48. The summed E-state index contributed by atoms with van der Waals surface area (Å²) in [7, 11) is 0. The van der Waals surface area contributed by atoms with E-state index in [0.29, 0.717) is 0 Å². The highest BCUT2D eigenvalue weighted by molar-refractivity contribution is 9.10. The minimum absolute atomic E-state index is 0.113. The minimum Gasteiger partial charge on any atom is -0.286 e. The Kier molecular flexibility index (Phi) is 2.37. The molecular weight excluding hydrogens is 314 g/mol. The maximum Gasteiger partial charge on any atom is 0.234 e. The van der Waals surface area contributed by atoms with Crippen LogP contribution in [0.5, 0.6) is 0 Å². The molecule has 0 amide bonds. The summed E-state index contributed by atoms with van der Waals surface area (Å²) < 4.78 is 3.08. The van der Waals surface area contributed by atoms with Gasteiger partial charge in [0.1, 0.15) is 0 Å². The molecule has 1 aliphatic rings. The van der Waals surface area contributed by atoms with Crippen molar-refractivity contribution < 1.29 is 0 Å². The van der Waals surface area contributed by atoms with Gasteiger partial charge in [-0.3, -0.25) is 4.40 Å². The van der Waals surface area contributed by atoms with Gasteiger partial charge >= 0.3 is 0 Å². The van der Waals surface area contributed by atoms with Crippen LogP contribution in [0, 0.1) is 0 Å². The molecule has 0 aliphatic heterocycles. The van der Waals surface area contributed by atoms with E-state index in [1.165, 1.54) is 16.8 Å². The molecule has 1 aromatic carbocycles. The highest BCUT2D eigenvalue weighted by Gasteiger charge is 2.33. The van der Waals surface area contributed by atoms with Gasteiger partial charge in [0.2, 0.25) is 5.78 Å². The van der Waals surface area contributed by atoms with Crippen LogP contribution in [-0.4, -0.2) is 14.4 Å². The SMILES string of the molecule is CC1(C)Cc2c(nc3ncc(Br)cn23)-c2ccccc21. The Morgan fingerprint density at radius 3 is 2.90 bits per heavy atom. The topological polar surface area (TPSA) is 30.2 Å². The van der Waals surface area contributed by atoms with Crippen LogP contribution in [0.2, 0.25) is 0 Å². The summed E-state index contributed by atoms with van der Waals surface area (Å²) in [6, 6.07) is 8.57. The van der Waals surface area contributed by atoms with Crippen LogP contribution in [0.25, 0.3) is 17.0 Å². The molecule has 0 fully saturated rings. The zero-order valence-electron chi connectivity index (χ0n) is 11.4. The van der Waals surface area contributed by atoms with Gasteiger partial charge in [-0.2, -0.15) is 0 Å². The number of aromatic nitrogens is 3. The molecule has 100 valence electrons. The van der Waals surface area contributed by atoms with Gasteiger partial charge in [0.25, 0.3) is 0 Å². The van der Waals surface area contributed by atoms with Crippen LogP contribution in [0.1, 0.15) is 25.1 Å². The Hall–Kier alpha value is -1.68. The highest BCUT2D eigenvalue weighted by atomic mass is 79.9. The van der Waals surface area contributed by atoms with Crippen LogP contribution >= 0.6 is 15.9 Å². The van der Waals surface area contributed by atoms with E-state index in [0.717, 1.165) is 22.4 Å². The standard InChI is InChI=1S/C16H14BrN3/c1-16(2)7-13-14(11-5-3-4-6-12(11)16)19-15-18-8-10(17)9-20(13)15/h3-6,8-9H,7H2,1-2H3. The number of imidazole rings is 1. The second kappa shape index (κ2) is 3.92. The molecule has 3 nitrogen and oxygen atoms in total. The van der Waals surface area contributed by atoms with E-state index in [2.05, 4.69) is 69.6 Å². The van der Waals surface area contributed by atoms with Gasteiger partial charge in [0.15, 0.2) is 0 Å². The van der Waals surface area contributed by atoms with E-state index in [4.69, 9.17) is 4.98 Å². The number of halogens is 1. The summed E-state index contributed by atoms with van der Waals surface area (Å²) >= 11 is 3.49. The molecular formula is C16H14BrN3. The zero-order valence-corrected chi connectivity index (χ0v) is 13.0. The Balaban J connectivity index is 2.11. The van der Waals surface area contributed by atoms with Gasteiger partial charge < -0.3 is 0 Å². The predicted molar refractivity (Wildman–Crippen MR) is 82.9 cm³/mol. The summed E-state index contributed by atoms with van der Waals surface area (Å²) in [6.07, 6.45) is 4.82. The van der Waals surface area contributed by atoms with Crippen molar-refractivity contribution in [2.45, 2.75) is 25.7 Å². The van der Waals surface area contributed by atoms with Crippen molar-refractivity contribution in [3.63, 3.8) is 0 Å². The molecule has 0 spiro atoms. The Morgan fingerprint density at radius 1 is 1.25 bits per heavy atom. The van der Waals surface area contributed by atoms with E-state index in [1.54, 1.807) is 6.20 Å². The number of nitrogens with zero attached hydrogens (tertiary/aromatic N) is 3. The van der Waals surface area contributed by atoms with E-state index in [9.17, 15) is 0 Å². The summed E-state index contributed by atoms with van der Waals surface area (Å²) in [5.41, 5.74) is 5.04. The number of benzene rings is 1. The average molecular weight is 328 g/mol. The third-order valence-corrected chi connectivity index (χ3v) is 4.48. The van der Waals surface area contributed by atoms with Gasteiger partial charge in [-0.05, 0) is 33.3 Å². The first-order chi connectivity index (χ1) is 9.56. The molecule has 0 N–H and O–H groups in total.